The Morgan fingerprint density at radius 1 is 1.20 bits per heavy atom. The third-order valence-electron chi connectivity index (χ3n) is 4.93. The Bertz CT molecular complexity index is 690. The maximum Gasteiger partial charge on any atom is 0.225 e. The summed E-state index contributed by atoms with van der Waals surface area (Å²) < 4.78 is 25.0. The molecule has 4 heterocycles. The third-order valence-corrected chi connectivity index (χ3v) is 4.93. The van der Waals surface area contributed by atoms with Crippen molar-refractivity contribution in [3.8, 4) is 0 Å². The number of ether oxygens (including phenoxy) is 2. The molecule has 7 heteroatoms. The number of piperidine rings is 1. The zero-order chi connectivity index (χ0) is 17.1. The normalized spacial score (nSPS) is 22.4. The van der Waals surface area contributed by atoms with Crippen molar-refractivity contribution in [1.82, 2.24) is 15.0 Å². The van der Waals surface area contributed by atoms with E-state index in [0.717, 1.165) is 38.0 Å². The molecule has 0 aromatic carbocycles. The number of pyridine rings is 1. The summed E-state index contributed by atoms with van der Waals surface area (Å²) in [7, 11) is 0. The van der Waals surface area contributed by atoms with Crippen LogP contribution in [0.4, 0.5) is 10.3 Å². The fourth-order valence-corrected chi connectivity index (χ4v) is 3.53. The van der Waals surface area contributed by atoms with Crippen LogP contribution in [0.25, 0.3) is 0 Å². The van der Waals surface area contributed by atoms with Gasteiger partial charge in [0.2, 0.25) is 5.95 Å². The molecule has 25 heavy (non-hydrogen) atoms. The van der Waals surface area contributed by atoms with E-state index in [1.807, 2.05) is 18.2 Å². The quantitative estimate of drug-likeness (QED) is 0.849. The molecule has 0 radical (unpaired) electrons. The van der Waals surface area contributed by atoms with E-state index in [1.165, 1.54) is 12.4 Å². The Morgan fingerprint density at radius 3 is 2.72 bits per heavy atom. The Labute approximate surface area is 146 Å². The van der Waals surface area contributed by atoms with E-state index in [2.05, 4.69) is 19.9 Å². The highest BCUT2D eigenvalue weighted by Crippen LogP contribution is 2.37. The van der Waals surface area contributed by atoms with E-state index >= 15 is 0 Å². The first-order valence-electron chi connectivity index (χ1n) is 8.60. The van der Waals surface area contributed by atoms with Gasteiger partial charge in [0.15, 0.2) is 5.82 Å². The van der Waals surface area contributed by atoms with Gasteiger partial charge in [0.05, 0.1) is 43.0 Å². The summed E-state index contributed by atoms with van der Waals surface area (Å²) in [6, 6.07) is 5.83. The van der Waals surface area contributed by atoms with Crippen molar-refractivity contribution in [1.29, 1.82) is 0 Å². The largest absolute Gasteiger partial charge is 0.372 e. The second kappa shape index (κ2) is 7.01. The Hall–Kier alpha value is -2.12. The van der Waals surface area contributed by atoms with Crippen LogP contribution in [-0.4, -0.2) is 46.4 Å². The standard InChI is InChI=1S/C18H21FN4O2/c19-14-10-21-17(22-11-14)23-7-4-18(5-8-23)9-16(13-25-18)24-12-15-3-1-2-6-20-15/h1-3,6,10-11,16H,4-5,7-9,12-13H2/t16-/m1/s1. The van der Waals surface area contributed by atoms with Crippen molar-refractivity contribution < 1.29 is 13.9 Å². The molecule has 0 N–H and O–H groups in total. The molecule has 0 unspecified atom stereocenters. The van der Waals surface area contributed by atoms with Crippen LogP contribution in [0.5, 0.6) is 0 Å². The number of hydrogen-bond acceptors (Lipinski definition) is 6. The van der Waals surface area contributed by atoms with E-state index in [9.17, 15) is 4.39 Å². The second-order valence-electron chi connectivity index (χ2n) is 6.64. The minimum Gasteiger partial charge on any atom is -0.372 e. The lowest BCUT2D eigenvalue weighted by Gasteiger charge is -2.38. The molecule has 0 saturated carbocycles. The molecule has 132 valence electrons. The first-order valence-corrected chi connectivity index (χ1v) is 8.60. The van der Waals surface area contributed by atoms with Gasteiger partial charge in [-0.3, -0.25) is 4.98 Å². The predicted molar refractivity (Wildman–Crippen MR) is 89.6 cm³/mol. The molecule has 2 aliphatic rings. The molecular weight excluding hydrogens is 323 g/mol. The molecule has 6 nitrogen and oxygen atoms in total. The Balaban J connectivity index is 1.29. The molecule has 2 aliphatic heterocycles. The summed E-state index contributed by atoms with van der Waals surface area (Å²) in [5.41, 5.74) is 0.817. The monoisotopic (exact) mass is 344 g/mol. The summed E-state index contributed by atoms with van der Waals surface area (Å²) in [6.07, 6.45) is 7.00. The lowest BCUT2D eigenvalue weighted by atomic mass is 9.88. The van der Waals surface area contributed by atoms with Crippen molar-refractivity contribution in [3.05, 3.63) is 48.3 Å². The van der Waals surface area contributed by atoms with Gasteiger partial charge >= 0.3 is 0 Å². The van der Waals surface area contributed by atoms with Crippen molar-refractivity contribution in [2.24, 2.45) is 0 Å². The predicted octanol–water partition coefficient (Wildman–Crippen LogP) is 2.36. The average Bonchev–Trinajstić information content (AvgIpc) is 3.05. The van der Waals surface area contributed by atoms with E-state index < -0.39 is 5.82 Å². The van der Waals surface area contributed by atoms with E-state index in [1.54, 1.807) is 6.20 Å². The Kier molecular flexibility index (Phi) is 4.59. The van der Waals surface area contributed by atoms with E-state index in [-0.39, 0.29) is 11.7 Å². The topological polar surface area (TPSA) is 60.4 Å². The molecule has 0 aliphatic carbocycles. The fraction of sp³-hybridized carbons (Fsp3) is 0.500. The summed E-state index contributed by atoms with van der Waals surface area (Å²) >= 11 is 0. The molecule has 2 aromatic rings. The van der Waals surface area contributed by atoms with E-state index in [0.29, 0.717) is 19.2 Å². The molecule has 2 fully saturated rings. The van der Waals surface area contributed by atoms with Gasteiger partial charge in [0, 0.05) is 25.7 Å². The summed E-state index contributed by atoms with van der Waals surface area (Å²) in [5, 5.41) is 0. The molecule has 0 bridgehead atoms. The molecule has 1 atom stereocenters. The van der Waals surface area contributed by atoms with Gasteiger partial charge in [-0.1, -0.05) is 6.07 Å². The van der Waals surface area contributed by atoms with Crippen molar-refractivity contribution in [2.45, 2.75) is 37.6 Å². The highest BCUT2D eigenvalue weighted by Gasteiger charge is 2.43. The number of nitrogens with zero attached hydrogens (tertiary/aromatic N) is 4. The van der Waals surface area contributed by atoms with Crippen LogP contribution in [0.15, 0.2) is 36.8 Å². The first-order chi connectivity index (χ1) is 12.2. The lowest BCUT2D eigenvalue weighted by Crippen LogP contribution is -2.45. The van der Waals surface area contributed by atoms with Crippen molar-refractivity contribution in [2.75, 3.05) is 24.6 Å². The molecule has 4 rings (SSSR count). The molecule has 0 amide bonds. The SMILES string of the molecule is Fc1cnc(N2CCC3(CC2)C[C@@H](OCc2ccccn2)CO3)nc1. The van der Waals surface area contributed by atoms with Crippen LogP contribution in [-0.2, 0) is 16.1 Å². The fourth-order valence-electron chi connectivity index (χ4n) is 3.53. The molecule has 1 spiro atoms. The number of anilines is 1. The number of hydrogen-bond donors (Lipinski definition) is 0. The summed E-state index contributed by atoms with van der Waals surface area (Å²) in [5.74, 6) is 0.168. The maximum absolute atomic E-state index is 13.0. The molecule has 2 aromatic heterocycles. The van der Waals surface area contributed by atoms with Gasteiger partial charge < -0.3 is 14.4 Å². The minimum atomic E-state index is -0.413. The van der Waals surface area contributed by atoms with Gasteiger partial charge in [0.1, 0.15) is 0 Å². The minimum absolute atomic E-state index is 0.107. The summed E-state index contributed by atoms with van der Waals surface area (Å²) in [6.45, 7) is 2.75. The summed E-state index contributed by atoms with van der Waals surface area (Å²) in [4.78, 5) is 14.5. The van der Waals surface area contributed by atoms with Gasteiger partial charge in [-0.2, -0.15) is 0 Å². The molecule has 2 saturated heterocycles. The molecular formula is C18H21FN4O2. The van der Waals surface area contributed by atoms with Gasteiger partial charge in [-0.05, 0) is 25.0 Å². The van der Waals surface area contributed by atoms with Crippen molar-refractivity contribution >= 4 is 5.95 Å². The first kappa shape index (κ1) is 16.4. The van der Waals surface area contributed by atoms with Gasteiger partial charge in [0.25, 0.3) is 0 Å². The smallest absolute Gasteiger partial charge is 0.225 e. The Morgan fingerprint density at radius 2 is 2.00 bits per heavy atom. The lowest BCUT2D eigenvalue weighted by molar-refractivity contribution is -0.0206. The number of halogens is 1. The average molecular weight is 344 g/mol. The maximum atomic E-state index is 13.0. The van der Waals surface area contributed by atoms with Crippen LogP contribution >= 0.6 is 0 Å². The van der Waals surface area contributed by atoms with Crippen LogP contribution in [0.3, 0.4) is 0 Å². The van der Waals surface area contributed by atoms with Gasteiger partial charge in [-0.25, -0.2) is 14.4 Å². The highest BCUT2D eigenvalue weighted by molar-refractivity contribution is 5.30. The number of aromatic nitrogens is 3. The zero-order valence-electron chi connectivity index (χ0n) is 14.0. The van der Waals surface area contributed by atoms with Crippen molar-refractivity contribution in [3.63, 3.8) is 0 Å². The second-order valence-corrected chi connectivity index (χ2v) is 6.64. The zero-order valence-corrected chi connectivity index (χ0v) is 14.0. The van der Waals surface area contributed by atoms with Crippen LogP contribution < -0.4 is 4.90 Å². The van der Waals surface area contributed by atoms with Crippen LogP contribution in [0.2, 0.25) is 0 Å². The van der Waals surface area contributed by atoms with Crippen LogP contribution in [0.1, 0.15) is 25.0 Å². The highest BCUT2D eigenvalue weighted by atomic mass is 19.1. The number of rotatable bonds is 4. The third kappa shape index (κ3) is 3.77. The van der Waals surface area contributed by atoms with E-state index in [4.69, 9.17) is 9.47 Å². The van der Waals surface area contributed by atoms with Gasteiger partial charge in [-0.15, -0.1) is 0 Å². The van der Waals surface area contributed by atoms with Crippen LogP contribution in [0, 0.1) is 5.82 Å².